The van der Waals surface area contributed by atoms with Crippen molar-refractivity contribution in [3.05, 3.63) is 17.7 Å². The van der Waals surface area contributed by atoms with Gasteiger partial charge in [-0.2, -0.15) is 0 Å². The number of benzene rings is 1. The predicted octanol–water partition coefficient (Wildman–Crippen LogP) is 1.22. The summed E-state index contributed by atoms with van der Waals surface area (Å²) in [6, 6.07) is 2.99. The molecule has 0 amide bonds. The van der Waals surface area contributed by atoms with Crippen LogP contribution in [0.3, 0.4) is 0 Å². The lowest BCUT2D eigenvalue weighted by molar-refractivity contribution is 0.0874. The molecule has 1 aromatic carbocycles. The fourth-order valence-corrected chi connectivity index (χ4v) is 1.46. The number of phenolic OH excluding ortho intramolecular Hbond substituents is 1. The largest absolute Gasteiger partial charge is 0.504 e. The second kappa shape index (κ2) is 5.54. The van der Waals surface area contributed by atoms with Gasteiger partial charge in [-0.05, 0) is 12.1 Å². The van der Waals surface area contributed by atoms with Gasteiger partial charge >= 0.3 is 0 Å². The number of Topliss-reactive ketones (excluding diaryl/α,β-unsaturated/α-hetero) is 1. The molecule has 1 rings (SSSR count). The maximum atomic E-state index is 11.8. The summed E-state index contributed by atoms with van der Waals surface area (Å²) >= 11 is 0. The maximum Gasteiger partial charge on any atom is 0.203 e. The molecular weight excluding hydrogens is 224 g/mol. The first kappa shape index (κ1) is 13.3. The summed E-state index contributed by atoms with van der Waals surface area (Å²) < 4.78 is 9.97. The van der Waals surface area contributed by atoms with E-state index in [0.29, 0.717) is 5.75 Å². The minimum Gasteiger partial charge on any atom is -0.504 e. The highest BCUT2D eigenvalue weighted by Gasteiger charge is 2.22. The number of aromatic hydroxyl groups is 1. The third kappa shape index (κ3) is 2.50. The van der Waals surface area contributed by atoms with E-state index in [9.17, 15) is 9.90 Å². The summed E-state index contributed by atoms with van der Waals surface area (Å²) in [5.74, 6) is -0.719. The van der Waals surface area contributed by atoms with Crippen molar-refractivity contribution in [3.8, 4) is 17.2 Å². The summed E-state index contributed by atoms with van der Waals surface area (Å²) in [5.41, 5.74) is 0.115. The van der Waals surface area contributed by atoms with Crippen LogP contribution in [0.15, 0.2) is 12.1 Å². The Bertz CT molecular complexity index is 414. The van der Waals surface area contributed by atoms with Gasteiger partial charge in [-0.1, -0.05) is 6.92 Å². The zero-order valence-electron chi connectivity index (χ0n) is 10.1. The van der Waals surface area contributed by atoms with Gasteiger partial charge in [0.25, 0.3) is 0 Å². The van der Waals surface area contributed by atoms with Crippen LogP contribution in [0.4, 0.5) is 0 Å². The Balaban J connectivity index is 3.23. The van der Waals surface area contributed by atoms with Crippen molar-refractivity contribution < 1.29 is 24.5 Å². The smallest absolute Gasteiger partial charge is 0.203 e. The Labute approximate surface area is 99.6 Å². The molecule has 0 aliphatic rings. The van der Waals surface area contributed by atoms with Gasteiger partial charge in [0.15, 0.2) is 17.3 Å². The van der Waals surface area contributed by atoms with Crippen LogP contribution < -0.4 is 9.47 Å². The number of phenols is 1. The SMILES string of the molecule is COc1ccc(C(=O)[C@@H](C)CO)c(O)c1OC. The van der Waals surface area contributed by atoms with Crippen molar-refractivity contribution in [2.75, 3.05) is 20.8 Å². The molecule has 0 aliphatic heterocycles. The first-order valence-corrected chi connectivity index (χ1v) is 5.15. The Morgan fingerprint density at radius 2 is 2.00 bits per heavy atom. The average Bonchev–Trinajstić information content (AvgIpc) is 2.36. The summed E-state index contributed by atoms with van der Waals surface area (Å²) in [6.07, 6.45) is 0. The van der Waals surface area contributed by atoms with E-state index < -0.39 is 5.92 Å². The lowest BCUT2D eigenvalue weighted by Gasteiger charge is -2.13. The molecule has 17 heavy (non-hydrogen) atoms. The van der Waals surface area contributed by atoms with Crippen LogP contribution >= 0.6 is 0 Å². The van der Waals surface area contributed by atoms with Gasteiger partial charge in [0, 0.05) is 5.92 Å². The zero-order valence-corrected chi connectivity index (χ0v) is 10.1. The number of hydrogen-bond acceptors (Lipinski definition) is 5. The molecule has 0 fully saturated rings. The fourth-order valence-electron chi connectivity index (χ4n) is 1.46. The molecular formula is C12H16O5. The highest BCUT2D eigenvalue weighted by molar-refractivity contribution is 6.01. The lowest BCUT2D eigenvalue weighted by Crippen LogP contribution is -2.15. The molecule has 0 aromatic heterocycles. The summed E-state index contributed by atoms with van der Waals surface area (Å²) in [7, 11) is 2.82. The minimum atomic E-state index is -0.570. The van der Waals surface area contributed by atoms with E-state index >= 15 is 0 Å². The molecule has 5 heteroatoms. The Kier molecular flexibility index (Phi) is 4.34. The Morgan fingerprint density at radius 1 is 1.35 bits per heavy atom. The number of carbonyl (C=O) groups is 1. The second-order valence-corrected chi connectivity index (χ2v) is 3.65. The highest BCUT2D eigenvalue weighted by atomic mass is 16.5. The molecule has 2 N–H and O–H groups in total. The summed E-state index contributed by atoms with van der Waals surface area (Å²) in [5, 5.41) is 18.8. The molecule has 0 saturated heterocycles. The summed E-state index contributed by atoms with van der Waals surface area (Å²) in [6.45, 7) is 1.31. The molecule has 94 valence electrons. The number of rotatable bonds is 5. The molecule has 0 unspecified atom stereocenters. The van der Waals surface area contributed by atoms with Crippen LogP contribution in [-0.4, -0.2) is 36.8 Å². The number of aliphatic hydroxyl groups excluding tert-OH is 1. The summed E-state index contributed by atoms with van der Waals surface area (Å²) in [4.78, 5) is 11.8. The monoisotopic (exact) mass is 240 g/mol. The molecule has 0 aliphatic carbocycles. The van der Waals surface area contributed by atoms with Crippen LogP contribution in [-0.2, 0) is 0 Å². The number of carbonyl (C=O) groups excluding carboxylic acids is 1. The van der Waals surface area contributed by atoms with Crippen molar-refractivity contribution in [1.29, 1.82) is 0 Å². The average molecular weight is 240 g/mol. The van der Waals surface area contributed by atoms with E-state index in [1.165, 1.54) is 26.4 Å². The van der Waals surface area contributed by atoms with E-state index in [2.05, 4.69) is 0 Å². The first-order chi connectivity index (χ1) is 8.06. The molecule has 1 aromatic rings. The molecule has 5 nitrogen and oxygen atoms in total. The third-order valence-corrected chi connectivity index (χ3v) is 2.51. The normalized spacial score (nSPS) is 12.0. The number of ether oxygens (including phenoxy) is 2. The van der Waals surface area contributed by atoms with Crippen LogP contribution in [0.25, 0.3) is 0 Å². The predicted molar refractivity (Wildman–Crippen MR) is 61.8 cm³/mol. The molecule has 0 saturated carbocycles. The van der Waals surface area contributed by atoms with Crippen molar-refractivity contribution in [2.24, 2.45) is 5.92 Å². The van der Waals surface area contributed by atoms with E-state index in [-0.39, 0.29) is 29.5 Å². The van der Waals surface area contributed by atoms with Crippen molar-refractivity contribution in [1.82, 2.24) is 0 Å². The van der Waals surface area contributed by atoms with E-state index in [0.717, 1.165) is 0 Å². The van der Waals surface area contributed by atoms with Crippen LogP contribution in [0, 0.1) is 5.92 Å². The van der Waals surface area contributed by atoms with Gasteiger partial charge in [-0.25, -0.2) is 0 Å². The third-order valence-electron chi connectivity index (χ3n) is 2.51. The van der Waals surface area contributed by atoms with Crippen molar-refractivity contribution in [2.45, 2.75) is 6.92 Å². The van der Waals surface area contributed by atoms with Gasteiger partial charge in [-0.15, -0.1) is 0 Å². The van der Waals surface area contributed by atoms with E-state index in [1.807, 2.05) is 0 Å². The molecule has 0 bridgehead atoms. The number of aliphatic hydroxyl groups is 1. The quantitative estimate of drug-likeness (QED) is 0.757. The van der Waals surface area contributed by atoms with E-state index in [4.69, 9.17) is 14.6 Å². The molecule has 0 radical (unpaired) electrons. The molecule has 0 heterocycles. The minimum absolute atomic E-state index is 0.114. The zero-order chi connectivity index (χ0) is 13.0. The fraction of sp³-hybridized carbons (Fsp3) is 0.417. The van der Waals surface area contributed by atoms with Gasteiger partial charge in [0.1, 0.15) is 0 Å². The maximum absolute atomic E-state index is 11.8. The van der Waals surface area contributed by atoms with Crippen LogP contribution in [0.1, 0.15) is 17.3 Å². The van der Waals surface area contributed by atoms with Gasteiger partial charge in [0.2, 0.25) is 5.75 Å². The lowest BCUT2D eigenvalue weighted by atomic mass is 9.99. The first-order valence-electron chi connectivity index (χ1n) is 5.15. The van der Waals surface area contributed by atoms with Gasteiger partial charge in [0.05, 0.1) is 26.4 Å². The number of ketones is 1. The topological polar surface area (TPSA) is 76.0 Å². The Morgan fingerprint density at radius 3 is 2.47 bits per heavy atom. The molecule has 1 atom stereocenters. The van der Waals surface area contributed by atoms with E-state index in [1.54, 1.807) is 6.92 Å². The van der Waals surface area contributed by atoms with Crippen molar-refractivity contribution in [3.63, 3.8) is 0 Å². The van der Waals surface area contributed by atoms with Gasteiger partial charge in [-0.3, -0.25) is 4.79 Å². The molecule has 0 spiro atoms. The van der Waals surface area contributed by atoms with Crippen LogP contribution in [0.2, 0.25) is 0 Å². The van der Waals surface area contributed by atoms with Gasteiger partial charge < -0.3 is 19.7 Å². The van der Waals surface area contributed by atoms with Crippen LogP contribution in [0.5, 0.6) is 17.2 Å². The number of hydrogen-bond donors (Lipinski definition) is 2. The van der Waals surface area contributed by atoms with Crippen molar-refractivity contribution >= 4 is 5.78 Å². The standard InChI is InChI=1S/C12H16O5/c1-7(6-13)10(14)8-4-5-9(16-2)12(17-3)11(8)15/h4-5,7,13,15H,6H2,1-3H3/t7-/m0/s1. The highest BCUT2D eigenvalue weighted by Crippen LogP contribution is 2.39. The second-order valence-electron chi connectivity index (χ2n) is 3.65. The Hall–Kier alpha value is -1.75. The number of methoxy groups -OCH3 is 2.